The quantitative estimate of drug-likeness (QED) is 0.482. The van der Waals surface area contributed by atoms with E-state index in [2.05, 4.69) is 0 Å². The summed E-state index contributed by atoms with van der Waals surface area (Å²) in [7, 11) is 0. The smallest absolute Gasteiger partial charge is 0.326 e. The van der Waals surface area contributed by atoms with Crippen LogP contribution in [0.25, 0.3) is 22.4 Å². The molecule has 2 amide bonds. The van der Waals surface area contributed by atoms with Gasteiger partial charge in [-0.25, -0.2) is 4.79 Å². The standard InChI is InChI=1S/C25H24ClN3O5S/c1-25(2,12-21(30)27-9-3-4-16(27)23(32)33)13-28-22(31)18-11-20-17(29(18)24(28)35)10-19(34-20)14-5-7-15(26)8-6-14/h5-8,10-11,16H,3-4,9,12-13H2,1-2H3,(H,32,33)/t16-/m0/s1. The number of nitrogens with zero attached hydrogens (tertiary/aromatic N) is 3. The molecule has 0 unspecified atom stereocenters. The number of carboxylic acid groups (broad SMARTS) is 1. The number of carbonyl (C=O) groups excluding carboxylic acids is 2. The van der Waals surface area contributed by atoms with E-state index in [1.807, 2.05) is 32.0 Å². The molecule has 5 rings (SSSR count). The van der Waals surface area contributed by atoms with Gasteiger partial charge in [-0.3, -0.25) is 19.1 Å². The fourth-order valence-electron chi connectivity index (χ4n) is 4.91. The number of thiocarbonyl (C=S) groups is 1. The van der Waals surface area contributed by atoms with Crippen molar-refractivity contribution in [1.82, 2.24) is 14.4 Å². The summed E-state index contributed by atoms with van der Waals surface area (Å²) in [4.78, 5) is 40.5. The van der Waals surface area contributed by atoms with Crippen molar-refractivity contribution in [3.63, 3.8) is 0 Å². The molecule has 0 spiro atoms. The van der Waals surface area contributed by atoms with Crippen LogP contribution in [0.1, 0.15) is 43.6 Å². The van der Waals surface area contributed by atoms with E-state index in [9.17, 15) is 19.5 Å². The summed E-state index contributed by atoms with van der Waals surface area (Å²) >= 11 is 11.7. The van der Waals surface area contributed by atoms with Crippen LogP contribution < -0.4 is 0 Å². The Balaban J connectivity index is 1.35. The van der Waals surface area contributed by atoms with Crippen molar-refractivity contribution in [3.8, 4) is 11.3 Å². The molecule has 0 saturated carbocycles. The van der Waals surface area contributed by atoms with Crippen molar-refractivity contribution in [3.05, 3.63) is 47.1 Å². The molecule has 3 aromatic rings. The Hall–Kier alpha value is -3.17. The summed E-state index contributed by atoms with van der Waals surface area (Å²) in [6.45, 7) is 4.43. The Kier molecular flexibility index (Phi) is 5.72. The molecule has 2 aromatic heterocycles. The first-order valence-corrected chi connectivity index (χ1v) is 12.1. The van der Waals surface area contributed by atoms with Crippen molar-refractivity contribution in [1.29, 1.82) is 0 Å². The molecule has 182 valence electrons. The highest BCUT2D eigenvalue weighted by atomic mass is 35.5. The molecule has 0 bridgehead atoms. The van der Waals surface area contributed by atoms with Gasteiger partial charge in [-0.05, 0) is 54.7 Å². The van der Waals surface area contributed by atoms with Gasteiger partial charge in [0, 0.05) is 42.2 Å². The second-order valence-electron chi connectivity index (χ2n) is 9.83. The van der Waals surface area contributed by atoms with Crippen molar-refractivity contribution in [2.24, 2.45) is 5.41 Å². The fraction of sp³-hybridized carbons (Fsp3) is 0.360. The van der Waals surface area contributed by atoms with Crippen molar-refractivity contribution >= 4 is 57.8 Å². The minimum atomic E-state index is -0.981. The number of fused-ring (bicyclic) bond motifs is 3. The van der Waals surface area contributed by atoms with Crippen molar-refractivity contribution < 1.29 is 23.9 Å². The number of rotatable bonds is 6. The average molecular weight is 514 g/mol. The number of hydrogen-bond acceptors (Lipinski definition) is 5. The van der Waals surface area contributed by atoms with E-state index in [-0.39, 0.29) is 24.8 Å². The van der Waals surface area contributed by atoms with Crippen LogP contribution >= 0.6 is 23.8 Å². The molecule has 0 aliphatic carbocycles. The summed E-state index contributed by atoms with van der Waals surface area (Å²) in [5.74, 6) is -0.812. The number of aliphatic carboxylic acids is 1. The Morgan fingerprint density at radius 3 is 2.63 bits per heavy atom. The van der Waals surface area contributed by atoms with Crippen LogP contribution in [0.5, 0.6) is 0 Å². The van der Waals surface area contributed by atoms with Crippen LogP contribution in [-0.2, 0) is 9.59 Å². The zero-order valence-electron chi connectivity index (χ0n) is 19.3. The number of likely N-dealkylation sites (tertiary alicyclic amines) is 1. The lowest BCUT2D eigenvalue weighted by Crippen LogP contribution is -2.45. The van der Waals surface area contributed by atoms with E-state index in [4.69, 9.17) is 28.2 Å². The molecule has 1 fully saturated rings. The van der Waals surface area contributed by atoms with Gasteiger partial charge in [-0.15, -0.1) is 0 Å². The Morgan fingerprint density at radius 2 is 1.94 bits per heavy atom. The Labute approximate surface area is 212 Å². The topological polar surface area (TPSA) is 96.0 Å². The summed E-state index contributed by atoms with van der Waals surface area (Å²) in [6.07, 6.45) is 1.25. The molecule has 1 saturated heterocycles. The first-order valence-electron chi connectivity index (χ1n) is 11.4. The average Bonchev–Trinajstić information content (AvgIpc) is 3.53. The molecule has 1 aromatic carbocycles. The zero-order chi connectivity index (χ0) is 25.1. The molecule has 10 heteroatoms. The molecule has 0 radical (unpaired) electrons. The maximum absolute atomic E-state index is 13.2. The number of aromatic nitrogens is 1. The molecule has 35 heavy (non-hydrogen) atoms. The van der Waals surface area contributed by atoms with Gasteiger partial charge in [0.2, 0.25) is 5.91 Å². The van der Waals surface area contributed by atoms with E-state index in [1.165, 1.54) is 9.80 Å². The van der Waals surface area contributed by atoms with Gasteiger partial charge in [0.1, 0.15) is 17.5 Å². The Bertz CT molecular complexity index is 1370. The highest BCUT2D eigenvalue weighted by molar-refractivity contribution is 7.80. The summed E-state index contributed by atoms with van der Waals surface area (Å²) in [5, 5.41) is 10.4. The number of halogens is 1. The van der Waals surface area contributed by atoms with E-state index in [0.717, 1.165) is 5.56 Å². The number of hydrogen-bond donors (Lipinski definition) is 1. The van der Waals surface area contributed by atoms with Crippen molar-refractivity contribution in [2.45, 2.75) is 39.2 Å². The molecular weight excluding hydrogens is 490 g/mol. The third-order valence-electron chi connectivity index (χ3n) is 6.58. The highest BCUT2D eigenvalue weighted by Gasteiger charge is 2.41. The first-order chi connectivity index (χ1) is 16.6. The number of carbonyl (C=O) groups is 3. The molecule has 1 N–H and O–H groups in total. The molecule has 8 nitrogen and oxygen atoms in total. The van der Waals surface area contributed by atoms with E-state index in [0.29, 0.717) is 52.1 Å². The third-order valence-corrected chi connectivity index (χ3v) is 7.23. The minimum Gasteiger partial charge on any atom is -0.480 e. The van der Waals surface area contributed by atoms with Crippen LogP contribution in [0.3, 0.4) is 0 Å². The predicted octanol–water partition coefficient (Wildman–Crippen LogP) is 4.64. The fourth-order valence-corrected chi connectivity index (χ4v) is 5.38. The second kappa shape index (κ2) is 8.49. The van der Waals surface area contributed by atoms with E-state index >= 15 is 0 Å². The lowest BCUT2D eigenvalue weighted by Gasteiger charge is -2.32. The maximum Gasteiger partial charge on any atom is 0.326 e. The lowest BCUT2D eigenvalue weighted by molar-refractivity contribution is -0.149. The number of amides is 2. The zero-order valence-corrected chi connectivity index (χ0v) is 20.9. The molecular formula is C25H24ClN3O5S. The van der Waals surface area contributed by atoms with Crippen LogP contribution in [0.2, 0.25) is 5.02 Å². The van der Waals surface area contributed by atoms with Gasteiger partial charge in [0.05, 0.1) is 5.52 Å². The van der Waals surface area contributed by atoms with Crippen LogP contribution in [0, 0.1) is 5.41 Å². The van der Waals surface area contributed by atoms with Gasteiger partial charge >= 0.3 is 5.97 Å². The number of carboxylic acids is 1. The lowest BCUT2D eigenvalue weighted by atomic mass is 9.88. The van der Waals surface area contributed by atoms with Gasteiger partial charge in [-0.1, -0.05) is 25.4 Å². The number of benzene rings is 1. The SMILES string of the molecule is CC(C)(CC(=O)N1CCC[C@H]1C(=O)O)CN1C(=O)c2cc3oc(-c4ccc(Cl)cc4)cc3n2C1=S. The van der Waals surface area contributed by atoms with Gasteiger partial charge in [0.25, 0.3) is 5.91 Å². The third kappa shape index (κ3) is 4.12. The van der Waals surface area contributed by atoms with Crippen LogP contribution in [-0.4, -0.2) is 61.5 Å². The van der Waals surface area contributed by atoms with E-state index < -0.39 is 17.4 Å². The summed E-state index contributed by atoms with van der Waals surface area (Å²) in [6, 6.07) is 10.0. The molecule has 1 atom stereocenters. The second-order valence-corrected chi connectivity index (χ2v) is 10.6. The monoisotopic (exact) mass is 513 g/mol. The Morgan fingerprint density at radius 1 is 1.23 bits per heavy atom. The summed E-state index contributed by atoms with van der Waals surface area (Å²) < 4.78 is 7.67. The summed E-state index contributed by atoms with van der Waals surface area (Å²) in [5.41, 5.74) is 1.91. The van der Waals surface area contributed by atoms with Crippen LogP contribution in [0.15, 0.2) is 40.8 Å². The minimum absolute atomic E-state index is 0.111. The van der Waals surface area contributed by atoms with Gasteiger partial charge in [0.15, 0.2) is 10.7 Å². The van der Waals surface area contributed by atoms with E-state index in [1.54, 1.807) is 22.8 Å². The highest BCUT2D eigenvalue weighted by Crippen LogP contribution is 2.35. The van der Waals surface area contributed by atoms with Crippen molar-refractivity contribution in [2.75, 3.05) is 13.1 Å². The molecule has 2 aliphatic rings. The molecule has 4 heterocycles. The van der Waals surface area contributed by atoms with Gasteiger partial charge < -0.3 is 14.4 Å². The predicted molar refractivity (Wildman–Crippen MR) is 134 cm³/mol. The largest absolute Gasteiger partial charge is 0.480 e. The normalized spacial score (nSPS) is 18.1. The molecule has 2 aliphatic heterocycles. The van der Waals surface area contributed by atoms with Gasteiger partial charge in [-0.2, -0.15) is 0 Å². The maximum atomic E-state index is 13.2. The number of furan rings is 1. The first kappa shape index (κ1) is 23.6. The van der Waals surface area contributed by atoms with Crippen LogP contribution in [0.4, 0.5) is 0 Å².